The van der Waals surface area contributed by atoms with Crippen LogP contribution in [0.2, 0.25) is 0 Å². The van der Waals surface area contributed by atoms with Crippen LogP contribution in [0.15, 0.2) is 12.2 Å². The highest BCUT2D eigenvalue weighted by molar-refractivity contribution is 5.86. The Kier molecular flexibility index (Phi) is 10.1. The van der Waals surface area contributed by atoms with Crippen molar-refractivity contribution in [1.29, 1.82) is 0 Å². The molecule has 0 spiro atoms. The molecule has 0 unspecified atom stereocenters. The van der Waals surface area contributed by atoms with Gasteiger partial charge in [0.2, 0.25) is 0 Å². The standard InChI is InChI=1S/C5H8O2.C3H6O/c1-4(2)5(6)7-3;1-2-3-4/h1H2,2-3H3;3H,2H2,1H3. The molecule has 0 bridgehead atoms. The van der Waals surface area contributed by atoms with E-state index in [0.717, 1.165) is 6.29 Å². The van der Waals surface area contributed by atoms with Crippen molar-refractivity contribution in [3.63, 3.8) is 0 Å². The molecule has 0 aromatic rings. The number of aldehydes is 1. The molecular formula is C8H14O3. The third-order valence-electron chi connectivity index (χ3n) is 0.701. The Labute approximate surface area is 67.0 Å². The summed E-state index contributed by atoms with van der Waals surface area (Å²) in [6, 6.07) is 0. The minimum absolute atomic E-state index is 0.347. The number of methoxy groups -OCH3 is 1. The SMILES string of the molecule is C=C(C)C(=O)OC.CCC=O. The molecule has 11 heavy (non-hydrogen) atoms. The number of hydrogen-bond acceptors (Lipinski definition) is 3. The van der Waals surface area contributed by atoms with Gasteiger partial charge in [-0.15, -0.1) is 0 Å². The van der Waals surface area contributed by atoms with Crippen LogP contribution in [0.5, 0.6) is 0 Å². The van der Waals surface area contributed by atoms with Crippen molar-refractivity contribution in [3.8, 4) is 0 Å². The molecule has 0 saturated heterocycles. The molecule has 0 aromatic carbocycles. The van der Waals surface area contributed by atoms with Gasteiger partial charge in [0.05, 0.1) is 7.11 Å². The molecule has 0 N–H and O–H groups in total. The first-order valence-corrected chi connectivity index (χ1v) is 3.27. The summed E-state index contributed by atoms with van der Waals surface area (Å²) in [5, 5.41) is 0. The molecule has 0 aromatic heterocycles. The zero-order chi connectivity index (χ0) is 9.28. The van der Waals surface area contributed by atoms with E-state index in [0.29, 0.717) is 12.0 Å². The molecule has 0 amide bonds. The smallest absolute Gasteiger partial charge is 0.332 e. The molecular weight excluding hydrogens is 144 g/mol. The van der Waals surface area contributed by atoms with E-state index in [1.54, 1.807) is 6.92 Å². The second kappa shape index (κ2) is 8.88. The van der Waals surface area contributed by atoms with Crippen molar-refractivity contribution in [2.75, 3.05) is 7.11 Å². The van der Waals surface area contributed by atoms with E-state index < -0.39 is 0 Å². The predicted octanol–water partition coefficient (Wildman–Crippen LogP) is 1.33. The van der Waals surface area contributed by atoms with Gasteiger partial charge in [0.25, 0.3) is 0 Å². The van der Waals surface area contributed by atoms with Crippen LogP contribution < -0.4 is 0 Å². The second-order valence-corrected chi connectivity index (χ2v) is 1.85. The zero-order valence-corrected chi connectivity index (χ0v) is 7.22. The summed E-state index contributed by atoms with van der Waals surface area (Å²) in [5.74, 6) is -0.347. The molecule has 0 aliphatic rings. The maximum Gasteiger partial charge on any atom is 0.332 e. The van der Waals surface area contributed by atoms with E-state index in [4.69, 9.17) is 0 Å². The summed E-state index contributed by atoms with van der Waals surface area (Å²) < 4.78 is 4.27. The molecule has 3 nitrogen and oxygen atoms in total. The Morgan fingerprint density at radius 1 is 1.64 bits per heavy atom. The van der Waals surface area contributed by atoms with Crippen molar-refractivity contribution in [3.05, 3.63) is 12.2 Å². The van der Waals surface area contributed by atoms with Gasteiger partial charge in [-0.25, -0.2) is 4.79 Å². The highest BCUT2D eigenvalue weighted by Gasteiger charge is 1.95. The first-order chi connectivity index (χ1) is 5.09. The van der Waals surface area contributed by atoms with Crippen molar-refractivity contribution in [1.82, 2.24) is 0 Å². The monoisotopic (exact) mass is 158 g/mol. The van der Waals surface area contributed by atoms with Crippen LogP contribution in [-0.4, -0.2) is 19.4 Å². The van der Waals surface area contributed by atoms with Crippen LogP contribution in [0.4, 0.5) is 0 Å². The average Bonchev–Trinajstić information content (AvgIpc) is 2.03. The van der Waals surface area contributed by atoms with E-state index in [2.05, 4.69) is 11.3 Å². The third kappa shape index (κ3) is 12.2. The molecule has 3 heteroatoms. The topological polar surface area (TPSA) is 43.4 Å². The molecule has 0 aliphatic carbocycles. The Morgan fingerprint density at radius 2 is 2.00 bits per heavy atom. The van der Waals surface area contributed by atoms with E-state index >= 15 is 0 Å². The summed E-state index contributed by atoms with van der Waals surface area (Å²) in [7, 11) is 1.33. The maximum absolute atomic E-state index is 10.2. The second-order valence-electron chi connectivity index (χ2n) is 1.85. The van der Waals surface area contributed by atoms with Gasteiger partial charge >= 0.3 is 5.97 Å². The highest BCUT2D eigenvalue weighted by Crippen LogP contribution is 1.87. The van der Waals surface area contributed by atoms with Crippen molar-refractivity contribution in [2.45, 2.75) is 20.3 Å². The van der Waals surface area contributed by atoms with E-state index in [1.165, 1.54) is 7.11 Å². The maximum atomic E-state index is 10.2. The largest absolute Gasteiger partial charge is 0.466 e. The molecule has 0 fully saturated rings. The van der Waals surface area contributed by atoms with Gasteiger partial charge in [0.1, 0.15) is 6.29 Å². The first-order valence-electron chi connectivity index (χ1n) is 3.27. The number of hydrogen-bond donors (Lipinski definition) is 0. The fourth-order valence-corrected chi connectivity index (χ4v) is 0.174. The summed E-state index contributed by atoms with van der Waals surface area (Å²) in [6.45, 7) is 6.77. The Morgan fingerprint density at radius 3 is 2.00 bits per heavy atom. The molecule has 0 radical (unpaired) electrons. The molecule has 0 rings (SSSR count). The fourth-order valence-electron chi connectivity index (χ4n) is 0.174. The van der Waals surface area contributed by atoms with Gasteiger partial charge in [-0.2, -0.15) is 0 Å². The van der Waals surface area contributed by atoms with Crippen LogP contribution in [0.3, 0.4) is 0 Å². The number of esters is 1. The summed E-state index contributed by atoms with van der Waals surface area (Å²) >= 11 is 0. The summed E-state index contributed by atoms with van der Waals surface area (Å²) in [4.78, 5) is 19.4. The number of rotatable bonds is 2. The average molecular weight is 158 g/mol. The van der Waals surface area contributed by atoms with Crippen LogP contribution in [0.1, 0.15) is 20.3 Å². The highest BCUT2D eigenvalue weighted by atomic mass is 16.5. The fraction of sp³-hybridized carbons (Fsp3) is 0.500. The molecule has 0 heterocycles. The predicted molar refractivity (Wildman–Crippen MR) is 43.2 cm³/mol. The van der Waals surface area contributed by atoms with E-state index in [1.807, 2.05) is 6.92 Å². The normalized spacial score (nSPS) is 7.18. The molecule has 0 atom stereocenters. The Bertz CT molecular complexity index is 138. The quantitative estimate of drug-likeness (QED) is 0.346. The lowest BCUT2D eigenvalue weighted by Crippen LogP contribution is -1.98. The molecule has 0 aliphatic heterocycles. The van der Waals surface area contributed by atoms with E-state index in [9.17, 15) is 9.59 Å². The van der Waals surface area contributed by atoms with Crippen molar-refractivity contribution < 1.29 is 14.3 Å². The minimum Gasteiger partial charge on any atom is -0.466 e. The molecule has 0 saturated carbocycles. The van der Waals surface area contributed by atoms with Crippen molar-refractivity contribution in [2.24, 2.45) is 0 Å². The minimum atomic E-state index is -0.347. The number of carbonyl (C=O) groups is 2. The van der Waals surface area contributed by atoms with Gasteiger partial charge in [-0.05, 0) is 6.92 Å². The molecule has 64 valence electrons. The Hall–Kier alpha value is -1.12. The van der Waals surface area contributed by atoms with E-state index in [-0.39, 0.29) is 5.97 Å². The summed E-state index contributed by atoms with van der Waals surface area (Å²) in [5.41, 5.74) is 0.433. The lowest BCUT2D eigenvalue weighted by atomic mass is 10.4. The van der Waals surface area contributed by atoms with Gasteiger partial charge in [0.15, 0.2) is 0 Å². The van der Waals surface area contributed by atoms with Crippen LogP contribution in [0.25, 0.3) is 0 Å². The first kappa shape index (κ1) is 12.5. The van der Waals surface area contributed by atoms with Gasteiger partial charge < -0.3 is 9.53 Å². The number of ether oxygens (including phenoxy) is 1. The third-order valence-corrected chi connectivity index (χ3v) is 0.701. The Balaban J connectivity index is 0. The van der Waals surface area contributed by atoms with Crippen LogP contribution in [0, 0.1) is 0 Å². The number of carbonyl (C=O) groups excluding carboxylic acids is 2. The van der Waals surface area contributed by atoms with Gasteiger partial charge in [0, 0.05) is 12.0 Å². The zero-order valence-electron chi connectivity index (χ0n) is 7.22. The van der Waals surface area contributed by atoms with Crippen LogP contribution in [-0.2, 0) is 14.3 Å². The van der Waals surface area contributed by atoms with Crippen LogP contribution >= 0.6 is 0 Å². The van der Waals surface area contributed by atoms with Gasteiger partial charge in [-0.3, -0.25) is 0 Å². The summed E-state index contributed by atoms with van der Waals surface area (Å²) in [6.07, 6.45) is 1.51. The lowest BCUT2D eigenvalue weighted by molar-refractivity contribution is -0.136. The van der Waals surface area contributed by atoms with Crippen molar-refractivity contribution >= 4 is 12.3 Å². The lowest BCUT2D eigenvalue weighted by Gasteiger charge is -1.91. The van der Waals surface area contributed by atoms with Gasteiger partial charge in [-0.1, -0.05) is 13.5 Å².